The summed E-state index contributed by atoms with van der Waals surface area (Å²) in [4.78, 5) is 8.22. The Morgan fingerprint density at radius 1 is 1.24 bits per heavy atom. The molecule has 0 atom stereocenters. The highest BCUT2D eigenvalue weighted by Gasteiger charge is 2.20. The normalized spacial score (nSPS) is 12.0. The second-order valence-corrected chi connectivity index (χ2v) is 7.14. The van der Waals surface area contributed by atoms with Gasteiger partial charge in [0.2, 0.25) is 0 Å². The number of sulfone groups is 1. The van der Waals surface area contributed by atoms with E-state index in [4.69, 9.17) is 0 Å². The van der Waals surface area contributed by atoms with Gasteiger partial charge in [0.1, 0.15) is 16.1 Å². The zero-order chi connectivity index (χ0) is 15.2. The molecule has 1 aromatic carbocycles. The Morgan fingerprint density at radius 3 is 2.52 bits per heavy atom. The van der Waals surface area contributed by atoms with Crippen molar-refractivity contribution in [2.75, 3.05) is 6.26 Å². The van der Waals surface area contributed by atoms with Crippen molar-refractivity contribution in [2.24, 2.45) is 0 Å². The highest BCUT2D eigenvalue weighted by molar-refractivity contribution is 9.10. The Hall–Kier alpha value is -1.80. The lowest BCUT2D eigenvalue weighted by Crippen LogP contribution is -2.03. The van der Waals surface area contributed by atoms with Crippen LogP contribution in [0.25, 0.3) is 16.9 Å². The molecule has 2 heterocycles. The van der Waals surface area contributed by atoms with Gasteiger partial charge in [0.25, 0.3) is 0 Å². The lowest BCUT2D eigenvalue weighted by atomic mass is 10.2. The van der Waals surface area contributed by atoms with Gasteiger partial charge in [0.15, 0.2) is 20.5 Å². The third-order valence-electron chi connectivity index (χ3n) is 2.92. The van der Waals surface area contributed by atoms with E-state index in [0.29, 0.717) is 15.9 Å². The van der Waals surface area contributed by atoms with Gasteiger partial charge in [-0.1, -0.05) is 0 Å². The fraction of sp³-hybridized carbons (Fsp3) is 0.0769. The second-order valence-electron chi connectivity index (χ2n) is 4.46. The van der Waals surface area contributed by atoms with E-state index in [1.807, 2.05) is 0 Å². The van der Waals surface area contributed by atoms with Crippen LogP contribution in [0.1, 0.15) is 0 Å². The van der Waals surface area contributed by atoms with E-state index in [2.05, 4.69) is 25.9 Å². The minimum atomic E-state index is -3.50. The molecule has 0 aliphatic heterocycles. The van der Waals surface area contributed by atoms with Gasteiger partial charge < -0.3 is 0 Å². The largest absolute Gasteiger partial charge is 0.290 e. The van der Waals surface area contributed by atoms with Gasteiger partial charge in [-0.05, 0) is 40.2 Å². The highest BCUT2D eigenvalue weighted by Crippen LogP contribution is 2.30. The van der Waals surface area contributed by atoms with E-state index in [0.717, 1.165) is 6.26 Å². The van der Waals surface area contributed by atoms with Crippen LogP contribution in [0.4, 0.5) is 4.39 Å². The van der Waals surface area contributed by atoms with E-state index in [1.54, 1.807) is 22.7 Å². The van der Waals surface area contributed by atoms with Gasteiger partial charge in [-0.25, -0.2) is 22.8 Å². The fourth-order valence-corrected chi connectivity index (χ4v) is 3.31. The minimum absolute atomic E-state index is 0.0981. The lowest BCUT2D eigenvalue weighted by Gasteiger charge is -1.99. The van der Waals surface area contributed by atoms with E-state index in [1.165, 1.54) is 18.3 Å². The van der Waals surface area contributed by atoms with Crippen molar-refractivity contribution in [1.82, 2.24) is 14.4 Å². The third kappa shape index (κ3) is 2.44. The summed E-state index contributed by atoms with van der Waals surface area (Å²) in [6, 6.07) is 5.80. The molecule has 0 N–H and O–H groups in total. The number of aromatic nitrogens is 3. The molecule has 0 fully saturated rings. The third-order valence-corrected chi connectivity index (χ3v) is 4.67. The van der Waals surface area contributed by atoms with Crippen molar-refractivity contribution in [2.45, 2.75) is 5.03 Å². The van der Waals surface area contributed by atoms with Gasteiger partial charge >= 0.3 is 0 Å². The Labute approximate surface area is 128 Å². The van der Waals surface area contributed by atoms with E-state index >= 15 is 0 Å². The minimum Gasteiger partial charge on any atom is -0.290 e. The predicted octanol–water partition coefficient (Wildman–Crippen LogP) is 2.70. The highest BCUT2D eigenvalue weighted by atomic mass is 79.9. The maximum Gasteiger partial charge on any atom is 0.198 e. The molecule has 3 aromatic rings. The lowest BCUT2D eigenvalue weighted by molar-refractivity contribution is 0.598. The molecule has 0 unspecified atom stereocenters. The van der Waals surface area contributed by atoms with Crippen LogP contribution >= 0.6 is 15.9 Å². The molecule has 21 heavy (non-hydrogen) atoms. The number of nitrogens with zero attached hydrogens (tertiary/aromatic N) is 3. The van der Waals surface area contributed by atoms with Crippen LogP contribution in [0, 0.1) is 5.82 Å². The van der Waals surface area contributed by atoms with Crippen molar-refractivity contribution in [3.8, 4) is 11.3 Å². The maximum atomic E-state index is 13.0. The molecule has 2 aromatic heterocycles. The average Bonchev–Trinajstić information content (AvgIpc) is 2.76. The van der Waals surface area contributed by atoms with E-state index in [9.17, 15) is 12.8 Å². The van der Waals surface area contributed by atoms with Gasteiger partial charge in [0.05, 0.1) is 0 Å². The van der Waals surface area contributed by atoms with Gasteiger partial charge in [-0.3, -0.25) is 4.40 Å². The molecule has 0 radical (unpaired) electrons. The molecule has 0 aliphatic carbocycles. The molecule has 0 amide bonds. The van der Waals surface area contributed by atoms with Gasteiger partial charge in [-0.15, -0.1) is 0 Å². The number of fused-ring (bicyclic) bond motifs is 1. The number of imidazole rings is 1. The molecule has 108 valence electrons. The van der Waals surface area contributed by atoms with E-state index in [-0.39, 0.29) is 16.5 Å². The predicted molar refractivity (Wildman–Crippen MR) is 79.2 cm³/mol. The number of benzene rings is 1. The summed E-state index contributed by atoms with van der Waals surface area (Å²) in [6.07, 6.45) is 4.08. The zero-order valence-electron chi connectivity index (χ0n) is 10.8. The van der Waals surface area contributed by atoms with Crippen molar-refractivity contribution >= 4 is 31.4 Å². The summed E-state index contributed by atoms with van der Waals surface area (Å²) in [5, 5.41) is -0.0981. The molecule has 0 saturated carbocycles. The number of hydrogen-bond acceptors (Lipinski definition) is 4. The first-order chi connectivity index (χ1) is 9.88. The fourth-order valence-electron chi connectivity index (χ4n) is 1.98. The summed E-state index contributed by atoms with van der Waals surface area (Å²) in [5.41, 5.74) is 1.42. The number of rotatable bonds is 2. The second kappa shape index (κ2) is 4.88. The van der Waals surface area contributed by atoms with Crippen LogP contribution in [-0.4, -0.2) is 29.0 Å². The summed E-state index contributed by atoms with van der Waals surface area (Å²) < 4.78 is 38.7. The first-order valence-corrected chi connectivity index (χ1v) is 8.55. The van der Waals surface area contributed by atoms with Crippen molar-refractivity contribution in [1.29, 1.82) is 0 Å². The van der Waals surface area contributed by atoms with Crippen LogP contribution in [0.3, 0.4) is 0 Å². The van der Waals surface area contributed by atoms with Crippen LogP contribution in [0.2, 0.25) is 0 Å². The smallest absolute Gasteiger partial charge is 0.198 e. The van der Waals surface area contributed by atoms with Crippen LogP contribution in [0.5, 0.6) is 0 Å². The summed E-state index contributed by atoms with van der Waals surface area (Å²) in [6.45, 7) is 0. The maximum absolute atomic E-state index is 13.0. The number of halogens is 2. The Balaban J connectivity index is 2.32. The quantitative estimate of drug-likeness (QED) is 0.696. The molecule has 5 nitrogen and oxygen atoms in total. The van der Waals surface area contributed by atoms with Gasteiger partial charge in [-0.2, -0.15) is 0 Å². The molecule has 0 aliphatic rings. The summed E-state index contributed by atoms with van der Waals surface area (Å²) >= 11 is 3.39. The molecule has 0 bridgehead atoms. The summed E-state index contributed by atoms with van der Waals surface area (Å²) in [5.74, 6) is -0.350. The van der Waals surface area contributed by atoms with Crippen molar-refractivity contribution in [3.63, 3.8) is 0 Å². The molecular formula is C13H9BrFN3O2S. The Kier molecular flexibility index (Phi) is 3.29. The van der Waals surface area contributed by atoms with Crippen LogP contribution in [0.15, 0.2) is 46.3 Å². The van der Waals surface area contributed by atoms with Gasteiger partial charge in [0, 0.05) is 24.2 Å². The molecule has 8 heteroatoms. The first kappa shape index (κ1) is 14.2. The SMILES string of the molecule is CS(=O)(=O)c1nccn2c(Br)c(-c3ccc(F)cc3)nc12. The van der Waals surface area contributed by atoms with Crippen molar-refractivity contribution in [3.05, 3.63) is 47.1 Å². The molecular weight excluding hydrogens is 361 g/mol. The Bertz CT molecular complexity index is 936. The zero-order valence-corrected chi connectivity index (χ0v) is 13.2. The standard InChI is InChI=1S/C13H9BrFN3O2S/c1-21(19,20)13-12-17-10(8-2-4-9(15)5-3-8)11(14)18(12)7-6-16-13/h2-7H,1H3. The average molecular weight is 370 g/mol. The van der Waals surface area contributed by atoms with Crippen molar-refractivity contribution < 1.29 is 12.8 Å². The number of hydrogen-bond donors (Lipinski definition) is 0. The van der Waals surface area contributed by atoms with Crippen LogP contribution < -0.4 is 0 Å². The Morgan fingerprint density at radius 2 is 1.90 bits per heavy atom. The molecule has 0 saturated heterocycles. The first-order valence-electron chi connectivity index (χ1n) is 5.86. The monoisotopic (exact) mass is 369 g/mol. The van der Waals surface area contributed by atoms with Crippen LogP contribution in [-0.2, 0) is 9.84 Å². The van der Waals surface area contributed by atoms with E-state index < -0.39 is 9.84 Å². The summed E-state index contributed by atoms with van der Waals surface area (Å²) in [7, 11) is -3.50. The molecule has 0 spiro atoms. The topological polar surface area (TPSA) is 64.3 Å². The molecule has 3 rings (SSSR count).